The first-order chi connectivity index (χ1) is 18.4. The van der Waals surface area contributed by atoms with Crippen LogP contribution < -0.4 is 18.9 Å². The first-order valence-corrected chi connectivity index (χ1v) is 11.0. The van der Waals surface area contributed by atoms with Gasteiger partial charge in [-0.15, -0.1) is 0 Å². The lowest BCUT2D eigenvalue weighted by molar-refractivity contribution is 0.111. The summed E-state index contributed by atoms with van der Waals surface area (Å²) in [5.74, 6) is 1.03. The largest absolute Gasteiger partial charge is 0.507 e. The van der Waals surface area contributed by atoms with E-state index in [1.54, 1.807) is 30.3 Å². The van der Waals surface area contributed by atoms with Crippen molar-refractivity contribution in [1.29, 1.82) is 0 Å². The Balaban J connectivity index is 0.000000211. The van der Waals surface area contributed by atoms with E-state index in [2.05, 4.69) is 15.0 Å². The number of benzene rings is 2. The van der Waals surface area contributed by atoms with Crippen LogP contribution in [0.15, 0.2) is 54.7 Å². The first kappa shape index (κ1) is 27.4. The van der Waals surface area contributed by atoms with E-state index in [-0.39, 0.29) is 28.6 Å². The molecule has 4 aromatic rings. The summed E-state index contributed by atoms with van der Waals surface area (Å²) < 4.78 is 20.3. The number of methoxy groups -OCH3 is 4. The Kier molecular flexibility index (Phi) is 9.14. The van der Waals surface area contributed by atoms with Crippen molar-refractivity contribution in [3.8, 4) is 57.4 Å². The van der Waals surface area contributed by atoms with Crippen LogP contribution in [-0.2, 0) is 0 Å². The zero-order valence-corrected chi connectivity index (χ0v) is 21.0. The Morgan fingerprint density at radius 2 is 1.21 bits per heavy atom. The van der Waals surface area contributed by atoms with Crippen LogP contribution in [0.3, 0.4) is 0 Å². The quantitative estimate of drug-likeness (QED) is 0.326. The lowest BCUT2D eigenvalue weighted by Crippen LogP contribution is -1.97. The van der Waals surface area contributed by atoms with E-state index in [9.17, 15) is 19.8 Å². The van der Waals surface area contributed by atoms with E-state index in [0.29, 0.717) is 46.9 Å². The Morgan fingerprint density at radius 1 is 0.658 bits per heavy atom. The zero-order valence-electron chi connectivity index (χ0n) is 21.0. The average Bonchev–Trinajstić information content (AvgIpc) is 2.97. The van der Waals surface area contributed by atoms with Gasteiger partial charge in [0.1, 0.15) is 11.5 Å². The van der Waals surface area contributed by atoms with Crippen LogP contribution in [-0.4, -0.2) is 66.2 Å². The van der Waals surface area contributed by atoms with Gasteiger partial charge < -0.3 is 29.2 Å². The van der Waals surface area contributed by atoms with Gasteiger partial charge in [0.25, 0.3) is 0 Å². The summed E-state index contributed by atoms with van der Waals surface area (Å²) in [7, 11) is 5.96. The van der Waals surface area contributed by atoms with E-state index < -0.39 is 0 Å². The number of aromatic nitrogens is 3. The van der Waals surface area contributed by atoms with Crippen molar-refractivity contribution in [2.75, 3.05) is 28.4 Å². The SMILES string of the molecule is COc1ccc(-c2ccc(O)c(C=O)c2)c(OC)n1.COc1ncc(-c2ccc(O)c(C=O)c2)c(OC)n1. The minimum Gasteiger partial charge on any atom is -0.507 e. The monoisotopic (exact) mass is 519 g/mol. The van der Waals surface area contributed by atoms with Gasteiger partial charge in [0, 0.05) is 17.8 Å². The fourth-order valence-electron chi connectivity index (χ4n) is 3.35. The molecule has 0 fully saturated rings. The molecule has 11 heteroatoms. The highest BCUT2D eigenvalue weighted by atomic mass is 16.5. The van der Waals surface area contributed by atoms with Gasteiger partial charge in [0.05, 0.1) is 45.1 Å². The van der Waals surface area contributed by atoms with Crippen molar-refractivity contribution < 1.29 is 38.7 Å². The molecular weight excluding hydrogens is 494 g/mol. The molecule has 0 aliphatic heterocycles. The summed E-state index contributed by atoms with van der Waals surface area (Å²) in [5, 5.41) is 19.0. The normalized spacial score (nSPS) is 10.0. The summed E-state index contributed by atoms with van der Waals surface area (Å²) in [4.78, 5) is 33.9. The highest BCUT2D eigenvalue weighted by Crippen LogP contribution is 2.33. The van der Waals surface area contributed by atoms with Crippen molar-refractivity contribution >= 4 is 12.6 Å². The summed E-state index contributed by atoms with van der Waals surface area (Å²) in [6, 6.07) is 13.0. The molecule has 2 aromatic carbocycles. The fourth-order valence-corrected chi connectivity index (χ4v) is 3.35. The molecule has 196 valence electrons. The maximum atomic E-state index is 10.8. The molecule has 2 heterocycles. The van der Waals surface area contributed by atoms with Gasteiger partial charge in [-0.25, -0.2) is 4.98 Å². The second-order valence-corrected chi connectivity index (χ2v) is 7.47. The van der Waals surface area contributed by atoms with Gasteiger partial charge in [-0.1, -0.05) is 12.1 Å². The third-order valence-corrected chi connectivity index (χ3v) is 5.28. The fraction of sp³-hybridized carbons (Fsp3) is 0.148. The number of phenols is 2. The summed E-state index contributed by atoms with van der Waals surface area (Å²) in [6.07, 6.45) is 2.71. The number of carbonyl (C=O) groups excluding carboxylic acids is 2. The maximum Gasteiger partial charge on any atom is 0.319 e. The van der Waals surface area contributed by atoms with Crippen LogP contribution >= 0.6 is 0 Å². The minimum absolute atomic E-state index is 0.0563. The number of ether oxygens (including phenoxy) is 4. The predicted octanol–water partition coefficient (Wildman–Crippen LogP) is 3.96. The zero-order chi connectivity index (χ0) is 27.7. The van der Waals surface area contributed by atoms with Crippen LogP contribution in [0.25, 0.3) is 22.3 Å². The number of rotatable bonds is 8. The third kappa shape index (κ3) is 6.13. The minimum atomic E-state index is -0.0767. The van der Waals surface area contributed by atoms with E-state index in [0.717, 1.165) is 5.56 Å². The number of aldehydes is 2. The molecule has 0 saturated carbocycles. The molecule has 0 aliphatic carbocycles. The molecule has 0 atom stereocenters. The lowest BCUT2D eigenvalue weighted by atomic mass is 10.0. The van der Waals surface area contributed by atoms with Crippen molar-refractivity contribution in [3.63, 3.8) is 0 Å². The molecule has 4 rings (SSSR count). The lowest BCUT2D eigenvalue weighted by Gasteiger charge is -2.10. The molecule has 0 radical (unpaired) electrons. The number of hydrogen-bond acceptors (Lipinski definition) is 11. The summed E-state index contributed by atoms with van der Waals surface area (Å²) in [5.41, 5.74) is 3.12. The molecule has 0 saturated heterocycles. The van der Waals surface area contributed by atoms with Crippen molar-refractivity contribution in [2.24, 2.45) is 0 Å². The Morgan fingerprint density at radius 3 is 1.71 bits per heavy atom. The second-order valence-electron chi connectivity index (χ2n) is 7.47. The van der Waals surface area contributed by atoms with E-state index in [1.807, 2.05) is 0 Å². The average molecular weight is 520 g/mol. The van der Waals surface area contributed by atoms with Crippen LogP contribution in [0.2, 0.25) is 0 Å². The number of phenolic OH excluding ortho intramolecular Hbond substituents is 2. The van der Waals surface area contributed by atoms with E-state index >= 15 is 0 Å². The molecule has 0 bridgehead atoms. The van der Waals surface area contributed by atoms with Crippen molar-refractivity contribution in [3.05, 3.63) is 65.9 Å². The maximum absolute atomic E-state index is 10.8. The van der Waals surface area contributed by atoms with Gasteiger partial charge in [0.2, 0.25) is 17.6 Å². The van der Waals surface area contributed by atoms with Gasteiger partial charge in [-0.2, -0.15) is 9.97 Å². The molecule has 38 heavy (non-hydrogen) atoms. The second kappa shape index (κ2) is 12.7. The van der Waals surface area contributed by atoms with Gasteiger partial charge in [0.15, 0.2) is 12.6 Å². The van der Waals surface area contributed by atoms with E-state index in [4.69, 9.17) is 18.9 Å². The molecule has 0 spiro atoms. The van der Waals surface area contributed by atoms with Crippen LogP contribution in [0.1, 0.15) is 20.7 Å². The van der Waals surface area contributed by atoms with Gasteiger partial charge in [-0.05, 0) is 41.5 Å². The third-order valence-electron chi connectivity index (χ3n) is 5.28. The van der Waals surface area contributed by atoms with Crippen LogP contribution in [0, 0.1) is 0 Å². The Hall–Kier alpha value is -5.19. The van der Waals surface area contributed by atoms with Crippen LogP contribution in [0.5, 0.6) is 35.1 Å². The van der Waals surface area contributed by atoms with Crippen LogP contribution in [0.4, 0.5) is 0 Å². The standard InChI is InChI=1S/C14H13NO4.C13H12N2O4/c1-18-13-6-4-11(14(15-13)19-2)9-3-5-12(17)10(7-9)8-16;1-18-12-10(6-14-13(15-12)19-2)8-3-4-11(17)9(5-8)7-16/h3-8,17H,1-2H3;3-7,17H,1-2H3. The highest BCUT2D eigenvalue weighted by Gasteiger charge is 2.13. The number of hydrogen-bond donors (Lipinski definition) is 2. The smallest absolute Gasteiger partial charge is 0.319 e. The number of carbonyl (C=O) groups is 2. The molecule has 2 N–H and O–H groups in total. The highest BCUT2D eigenvalue weighted by molar-refractivity contribution is 5.84. The molecule has 11 nitrogen and oxygen atoms in total. The molecular formula is C27H25N3O8. The Labute approximate surface area is 218 Å². The summed E-state index contributed by atoms with van der Waals surface area (Å²) in [6.45, 7) is 0. The molecule has 0 amide bonds. The van der Waals surface area contributed by atoms with Crippen molar-refractivity contribution in [2.45, 2.75) is 0 Å². The van der Waals surface area contributed by atoms with Gasteiger partial charge >= 0.3 is 6.01 Å². The topological polar surface area (TPSA) is 150 Å². The molecule has 0 unspecified atom stereocenters. The Bertz CT molecular complexity index is 1330. The van der Waals surface area contributed by atoms with Gasteiger partial charge in [-0.3, -0.25) is 9.59 Å². The first-order valence-electron chi connectivity index (χ1n) is 11.0. The molecule has 0 aliphatic rings. The predicted molar refractivity (Wildman–Crippen MR) is 137 cm³/mol. The van der Waals surface area contributed by atoms with Crippen molar-refractivity contribution in [1.82, 2.24) is 15.0 Å². The number of aromatic hydroxyl groups is 2. The number of pyridine rings is 1. The molecule has 2 aromatic heterocycles. The number of nitrogens with zero attached hydrogens (tertiary/aromatic N) is 3. The summed E-state index contributed by atoms with van der Waals surface area (Å²) >= 11 is 0. The van der Waals surface area contributed by atoms with E-state index in [1.165, 1.54) is 52.8 Å².